The number of nitrogens with zero attached hydrogens (tertiary/aromatic N) is 2. The molecule has 2 aromatic rings. The molecule has 0 spiro atoms. The molecule has 0 unspecified atom stereocenters. The van der Waals surface area contributed by atoms with Crippen molar-refractivity contribution >= 4 is 11.7 Å². The number of carbonyl (C=O) groups is 1. The van der Waals surface area contributed by atoms with E-state index < -0.39 is 5.41 Å². The Kier molecular flexibility index (Phi) is 3.62. The summed E-state index contributed by atoms with van der Waals surface area (Å²) < 4.78 is 19.0. The molecule has 22 heavy (non-hydrogen) atoms. The van der Waals surface area contributed by atoms with Crippen molar-refractivity contribution in [2.45, 2.75) is 18.3 Å². The van der Waals surface area contributed by atoms with Gasteiger partial charge < -0.3 is 4.74 Å². The van der Waals surface area contributed by atoms with Crippen LogP contribution in [0.3, 0.4) is 0 Å². The van der Waals surface area contributed by atoms with Crippen LogP contribution in [0.25, 0.3) is 0 Å². The fourth-order valence-corrected chi connectivity index (χ4v) is 2.39. The number of nitrogens with one attached hydrogen (secondary N) is 2. The van der Waals surface area contributed by atoms with Crippen molar-refractivity contribution in [2.24, 2.45) is 0 Å². The molecular weight excluding hydrogens is 287 g/mol. The summed E-state index contributed by atoms with van der Waals surface area (Å²) in [5, 5.41) is 0. The molecule has 1 aromatic heterocycles. The zero-order chi connectivity index (χ0) is 15.6. The predicted octanol–water partition coefficient (Wildman–Crippen LogP) is 1.80. The third-order valence-corrected chi connectivity index (χ3v) is 3.73. The molecule has 1 aromatic carbocycles. The van der Waals surface area contributed by atoms with Crippen LogP contribution in [0.2, 0.25) is 0 Å². The number of rotatable bonds is 5. The molecule has 0 saturated heterocycles. The van der Waals surface area contributed by atoms with Crippen LogP contribution in [0.15, 0.2) is 36.7 Å². The van der Waals surface area contributed by atoms with Crippen molar-refractivity contribution < 1.29 is 13.9 Å². The first-order chi connectivity index (χ1) is 10.7. The predicted molar refractivity (Wildman–Crippen MR) is 77.7 cm³/mol. The van der Waals surface area contributed by atoms with Crippen LogP contribution in [0.1, 0.15) is 18.4 Å². The molecule has 0 aliphatic heterocycles. The molecule has 1 saturated carbocycles. The maximum absolute atomic E-state index is 13.9. The van der Waals surface area contributed by atoms with Gasteiger partial charge in [0.1, 0.15) is 5.82 Å². The van der Waals surface area contributed by atoms with Crippen LogP contribution in [-0.2, 0) is 10.2 Å². The molecule has 1 aliphatic rings. The van der Waals surface area contributed by atoms with Gasteiger partial charge in [-0.1, -0.05) is 18.2 Å². The van der Waals surface area contributed by atoms with Crippen molar-refractivity contribution in [3.05, 3.63) is 48.0 Å². The molecule has 7 heteroatoms. The Morgan fingerprint density at radius 1 is 1.27 bits per heavy atom. The minimum absolute atomic E-state index is 0.263. The van der Waals surface area contributed by atoms with Gasteiger partial charge in [0.15, 0.2) is 0 Å². The van der Waals surface area contributed by atoms with Gasteiger partial charge in [0.2, 0.25) is 11.7 Å². The molecule has 1 amide bonds. The molecule has 3 rings (SSSR count). The number of carbonyl (C=O) groups excluding carboxylic acids is 1. The van der Waals surface area contributed by atoms with Crippen LogP contribution >= 0.6 is 0 Å². The summed E-state index contributed by atoms with van der Waals surface area (Å²) in [6.45, 7) is 0. The number of ether oxygens (including phenoxy) is 1. The lowest BCUT2D eigenvalue weighted by Crippen LogP contribution is -2.39. The molecule has 6 nitrogen and oxygen atoms in total. The second kappa shape index (κ2) is 5.59. The topological polar surface area (TPSA) is 76.1 Å². The zero-order valence-corrected chi connectivity index (χ0v) is 12.0. The minimum Gasteiger partial charge on any atom is -0.478 e. The van der Waals surface area contributed by atoms with Crippen LogP contribution in [0.4, 0.5) is 10.2 Å². The number of hydrogen-bond donors (Lipinski definition) is 2. The van der Waals surface area contributed by atoms with E-state index in [1.165, 1.54) is 25.6 Å². The maximum Gasteiger partial charge on any atom is 0.258 e. The van der Waals surface area contributed by atoms with Gasteiger partial charge in [-0.2, -0.15) is 0 Å². The van der Waals surface area contributed by atoms with E-state index in [9.17, 15) is 9.18 Å². The van der Waals surface area contributed by atoms with Crippen LogP contribution in [0, 0.1) is 5.82 Å². The highest BCUT2D eigenvalue weighted by Crippen LogP contribution is 2.49. The molecule has 0 radical (unpaired) electrons. The maximum atomic E-state index is 13.9. The molecule has 1 heterocycles. The zero-order valence-electron chi connectivity index (χ0n) is 12.0. The lowest BCUT2D eigenvalue weighted by Gasteiger charge is -2.17. The Morgan fingerprint density at radius 2 is 2.00 bits per heavy atom. The first-order valence-corrected chi connectivity index (χ1v) is 6.84. The summed E-state index contributed by atoms with van der Waals surface area (Å²) in [6, 6.07) is 6.34. The van der Waals surface area contributed by atoms with Crippen molar-refractivity contribution in [1.82, 2.24) is 15.4 Å². The van der Waals surface area contributed by atoms with E-state index >= 15 is 0 Å². The Morgan fingerprint density at radius 3 is 2.68 bits per heavy atom. The number of hydrazine groups is 1. The first-order valence-electron chi connectivity index (χ1n) is 6.84. The second-order valence-corrected chi connectivity index (χ2v) is 5.06. The monoisotopic (exact) mass is 302 g/mol. The lowest BCUT2D eigenvalue weighted by molar-refractivity contribution is -0.123. The molecule has 0 bridgehead atoms. The lowest BCUT2D eigenvalue weighted by atomic mass is 9.95. The number of hydrogen-bond acceptors (Lipinski definition) is 5. The summed E-state index contributed by atoms with van der Waals surface area (Å²) in [4.78, 5) is 20.4. The molecule has 114 valence electrons. The van der Waals surface area contributed by atoms with Crippen molar-refractivity contribution in [2.75, 3.05) is 12.5 Å². The molecule has 1 fully saturated rings. The summed E-state index contributed by atoms with van der Waals surface area (Å²) in [7, 11) is 1.46. The fourth-order valence-electron chi connectivity index (χ4n) is 2.39. The summed E-state index contributed by atoms with van der Waals surface area (Å²) in [6.07, 6.45) is 4.17. The van der Waals surface area contributed by atoms with E-state index in [1.54, 1.807) is 18.2 Å². The summed E-state index contributed by atoms with van der Waals surface area (Å²) in [5.74, 6) is -0.112. The summed E-state index contributed by atoms with van der Waals surface area (Å²) >= 11 is 0. The Labute approximate surface area is 126 Å². The van der Waals surface area contributed by atoms with E-state index in [0.29, 0.717) is 24.2 Å². The van der Waals surface area contributed by atoms with Gasteiger partial charge in [-0.25, -0.2) is 14.4 Å². The highest BCUT2D eigenvalue weighted by Gasteiger charge is 2.52. The van der Waals surface area contributed by atoms with Gasteiger partial charge >= 0.3 is 0 Å². The van der Waals surface area contributed by atoms with Gasteiger partial charge in [0.05, 0.1) is 12.5 Å². The van der Waals surface area contributed by atoms with E-state index in [1.807, 2.05) is 0 Å². The van der Waals surface area contributed by atoms with Gasteiger partial charge in [0, 0.05) is 18.0 Å². The van der Waals surface area contributed by atoms with E-state index in [2.05, 4.69) is 20.8 Å². The number of methoxy groups -OCH3 is 1. The Balaban J connectivity index is 1.74. The standard InChI is InChI=1S/C15H15FN4O2/c1-22-13-12(17-8-9-18-13)19-20-14(21)15(6-7-15)10-4-2-3-5-11(10)16/h2-5,8-9H,6-7H2,1H3,(H,17,19)(H,20,21). The molecular formula is C15H15FN4O2. The third-order valence-electron chi connectivity index (χ3n) is 3.73. The molecule has 0 atom stereocenters. The Hall–Kier alpha value is -2.70. The van der Waals surface area contributed by atoms with E-state index in [4.69, 9.17) is 4.74 Å². The highest BCUT2D eigenvalue weighted by molar-refractivity contribution is 5.92. The SMILES string of the molecule is COc1nccnc1NNC(=O)C1(c2ccccc2F)CC1. The highest BCUT2D eigenvalue weighted by atomic mass is 19.1. The van der Waals surface area contributed by atoms with Gasteiger partial charge in [-0.05, 0) is 18.9 Å². The van der Waals surface area contributed by atoms with E-state index in [0.717, 1.165) is 0 Å². The Bertz CT molecular complexity index is 703. The van der Waals surface area contributed by atoms with Gasteiger partial charge in [-0.15, -0.1) is 0 Å². The number of aromatic nitrogens is 2. The number of halogens is 1. The van der Waals surface area contributed by atoms with Crippen LogP contribution in [0.5, 0.6) is 5.88 Å². The van der Waals surface area contributed by atoms with Crippen molar-refractivity contribution in [1.29, 1.82) is 0 Å². The van der Waals surface area contributed by atoms with Crippen LogP contribution in [-0.4, -0.2) is 23.0 Å². The molecule has 1 aliphatic carbocycles. The van der Waals surface area contributed by atoms with Crippen molar-refractivity contribution in [3.63, 3.8) is 0 Å². The quantitative estimate of drug-likeness (QED) is 0.824. The number of anilines is 1. The van der Waals surface area contributed by atoms with Gasteiger partial charge in [-0.3, -0.25) is 15.6 Å². The fraction of sp³-hybridized carbons (Fsp3) is 0.267. The average Bonchev–Trinajstić information content (AvgIpc) is 3.35. The van der Waals surface area contributed by atoms with E-state index in [-0.39, 0.29) is 17.6 Å². The summed E-state index contributed by atoms with van der Waals surface area (Å²) in [5.41, 5.74) is 4.85. The largest absolute Gasteiger partial charge is 0.478 e. The van der Waals surface area contributed by atoms with Crippen molar-refractivity contribution in [3.8, 4) is 5.88 Å². The average molecular weight is 302 g/mol. The normalized spacial score (nSPS) is 15.0. The molecule has 2 N–H and O–H groups in total. The number of benzene rings is 1. The smallest absolute Gasteiger partial charge is 0.258 e. The minimum atomic E-state index is -0.812. The third kappa shape index (κ3) is 2.45. The first kappa shape index (κ1) is 14.2. The number of amides is 1. The van der Waals surface area contributed by atoms with Crippen LogP contribution < -0.4 is 15.6 Å². The second-order valence-electron chi connectivity index (χ2n) is 5.06. The van der Waals surface area contributed by atoms with Gasteiger partial charge in [0.25, 0.3) is 5.88 Å².